The van der Waals surface area contributed by atoms with Crippen molar-refractivity contribution in [3.05, 3.63) is 77.8 Å². The summed E-state index contributed by atoms with van der Waals surface area (Å²) < 4.78 is 0. The van der Waals surface area contributed by atoms with E-state index in [4.69, 9.17) is 9.97 Å². The van der Waals surface area contributed by atoms with Crippen LogP contribution in [-0.4, -0.2) is 41.7 Å². The predicted molar refractivity (Wildman–Crippen MR) is 184 cm³/mol. The molecule has 3 aliphatic rings. The number of benzene rings is 2. The summed E-state index contributed by atoms with van der Waals surface area (Å²) in [6.07, 6.45) is 12.8. The summed E-state index contributed by atoms with van der Waals surface area (Å²) in [6.45, 7) is 10.3. The average Bonchev–Trinajstić information content (AvgIpc) is 3.43. The molecule has 0 saturated heterocycles. The molecule has 3 aromatic rings. The minimum Gasteiger partial charge on any atom is -0.347 e. The van der Waals surface area contributed by atoms with E-state index in [2.05, 4.69) is 54.5 Å². The van der Waals surface area contributed by atoms with Crippen molar-refractivity contribution in [3.8, 4) is 0 Å². The molecule has 0 amide bonds. The van der Waals surface area contributed by atoms with Gasteiger partial charge in [0.1, 0.15) is 11.7 Å². The lowest BCUT2D eigenvalue weighted by Crippen LogP contribution is -2.48. The van der Waals surface area contributed by atoms with E-state index in [-0.39, 0.29) is 17.0 Å². The minimum absolute atomic E-state index is 0.0287. The summed E-state index contributed by atoms with van der Waals surface area (Å²) in [4.78, 5) is 44.4. The van der Waals surface area contributed by atoms with Gasteiger partial charge >= 0.3 is 0 Å². The molecule has 0 N–H and O–H groups in total. The van der Waals surface area contributed by atoms with Gasteiger partial charge in [0.15, 0.2) is 23.2 Å². The quantitative estimate of drug-likeness (QED) is 0.153. The van der Waals surface area contributed by atoms with E-state index in [1.807, 2.05) is 55.6 Å². The molecule has 1 aliphatic carbocycles. The molecule has 1 fully saturated rings. The summed E-state index contributed by atoms with van der Waals surface area (Å²) in [5.41, 5.74) is 4.77. The number of likely N-dealkylation sites (N-methyl/N-ethyl adjacent to an activating group) is 1. The maximum Gasteiger partial charge on any atom is 0.178 e. The van der Waals surface area contributed by atoms with Crippen molar-refractivity contribution in [2.45, 2.75) is 84.5 Å². The number of carbonyl (C=O) groups excluding carboxylic acids is 2. The van der Waals surface area contributed by atoms with Gasteiger partial charge in [0.25, 0.3) is 0 Å². The lowest BCUT2D eigenvalue weighted by molar-refractivity contribution is -0.146. The molecule has 1 aromatic heterocycles. The Morgan fingerprint density at radius 1 is 0.711 bits per heavy atom. The van der Waals surface area contributed by atoms with E-state index in [9.17, 15) is 9.59 Å². The molecule has 0 unspecified atom stereocenters. The van der Waals surface area contributed by atoms with E-state index in [0.717, 1.165) is 91.5 Å². The topological polar surface area (TPSA) is 69.6 Å². The molecule has 3 heterocycles. The molecule has 0 atom stereocenters. The molecule has 2 aromatic carbocycles. The molecule has 7 heteroatoms. The van der Waals surface area contributed by atoms with Gasteiger partial charge in [-0.1, -0.05) is 96.6 Å². The molecule has 45 heavy (non-hydrogen) atoms. The lowest BCUT2D eigenvalue weighted by atomic mass is 9.70. The van der Waals surface area contributed by atoms with Crippen LogP contribution in [0.1, 0.15) is 84.6 Å². The third kappa shape index (κ3) is 5.55. The number of hydrogen-bond donors (Lipinski definition) is 0. The molecule has 1 saturated carbocycles. The molecular weight excluding hydrogens is 558 g/mol. The van der Waals surface area contributed by atoms with Gasteiger partial charge in [-0.05, 0) is 48.8 Å². The number of unbranched alkanes of at least 4 members (excludes halogenated alkanes) is 6. The third-order valence-electron chi connectivity index (χ3n) is 9.88. The Morgan fingerprint density at radius 2 is 1.22 bits per heavy atom. The van der Waals surface area contributed by atoms with E-state index in [1.165, 1.54) is 18.4 Å². The van der Waals surface area contributed by atoms with Crippen LogP contribution in [-0.2, 0) is 15.0 Å². The van der Waals surface area contributed by atoms with Gasteiger partial charge in [0.2, 0.25) is 0 Å². The largest absolute Gasteiger partial charge is 0.347 e. The lowest BCUT2D eigenvalue weighted by Gasteiger charge is -2.33. The highest BCUT2D eigenvalue weighted by Crippen LogP contribution is 2.48. The minimum atomic E-state index is -0.765. The van der Waals surface area contributed by atoms with Crippen LogP contribution in [0.5, 0.6) is 0 Å². The molecule has 236 valence electrons. The van der Waals surface area contributed by atoms with Gasteiger partial charge in [-0.2, -0.15) is 0 Å². The summed E-state index contributed by atoms with van der Waals surface area (Å²) in [7, 11) is 2.03. The van der Waals surface area contributed by atoms with Crippen LogP contribution in [0.2, 0.25) is 0 Å². The number of nitrogens with zero attached hydrogens (tertiary/aromatic N) is 5. The number of ketones is 2. The Kier molecular flexibility index (Phi) is 8.80. The fraction of sp³-hybridized carbons (Fsp3) is 0.474. The van der Waals surface area contributed by atoms with Crippen molar-refractivity contribution in [2.75, 3.05) is 34.8 Å². The monoisotopic (exact) mass is 605 g/mol. The van der Waals surface area contributed by atoms with E-state index < -0.39 is 11.8 Å². The number of aromatic nitrogens is 2. The zero-order valence-corrected chi connectivity index (χ0v) is 27.6. The van der Waals surface area contributed by atoms with E-state index >= 15 is 0 Å². The van der Waals surface area contributed by atoms with E-state index in [1.54, 1.807) is 0 Å². The first-order valence-corrected chi connectivity index (χ1v) is 16.9. The Morgan fingerprint density at radius 3 is 1.76 bits per heavy atom. The summed E-state index contributed by atoms with van der Waals surface area (Å²) in [5.74, 6) is 0.999. The Labute approximate surface area is 268 Å². The van der Waals surface area contributed by atoms with Gasteiger partial charge in [-0.25, -0.2) is 9.97 Å². The summed E-state index contributed by atoms with van der Waals surface area (Å²) in [5, 5.41) is 0. The second kappa shape index (κ2) is 12.8. The van der Waals surface area contributed by atoms with Crippen LogP contribution in [0.25, 0.3) is 11.0 Å². The Balaban J connectivity index is 1.33. The zero-order chi connectivity index (χ0) is 31.7. The molecule has 7 nitrogen and oxygen atoms in total. The van der Waals surface area contributed by atoms with E-state index in [0.29, 0.717) is 0 Å². The zero-order valence-electron chi connectivity index (χ0n) is 27.6. The number of para-hydroxylation sites is 3. The Bertz CT molecular complexity index is 1580. The van der Waals surface area contributed by atoms with Crippen LogP contribution in [0, 0.1) is 11.8 Å². The highest BCUT2D eigenvalue weighted by Gasteiger charge is 2.50. The maximum atomic E-state index is 13.8. The van der Waals surface area contributed by atoms with Crippen molar-refractivity contribution < 1.29 is 9.59 Å². The van der Waals surface area contributed by atoms with Gasteiger partial charge in [0, 0.05) is 36.9 Å². The van der Waals surface area contributed by atoms with Gasteiger partial charge < -0.3 is 14.7 Å². The standard InChI is InChI=1S/C38H47N5O2/c1-6-8-10-16-22-42-33(43(23-17-11-9-7-2)37-36(42)39-29-19-13-14-20-30(29)40-37)25-27-34(44)26(35(27)45)24-32-38(3,4)28-18-12-15-21-31(28)41(32)5/h12-15,18-21,24-27H,6-11,16-17,22-23H2,1-5H3/b32-24+. The van der Waals surface area contributed by atoms with Crippen LogP contribution in [0.3, 0.4) is 0 Å². The normalized spacial score (nSPS) is 21.1. The number of rotatable bonds is 12. The first-order chi connectivity index (χ1) is 21.8. The third-order valence-corrected chi connectivity index (χ3v) is 9.88. The first kappa shape index (κ1) is 31.0. The Hall–Kier alpha value is -4.00. The molecule has 6 rings (SSSR count). The average molecular weight is 606 g/mol. The van der Waals surface area contributed by atoms with Crippen molar-refractivity contribution in [2.24, 2.45) is 11.8 Å². The first-order valence-electron chi connectivity index (χ1n) is 16.9. The van der Waals surface area contributed by atoms with Crippen LogP contribution < -0.4 is 14.7 Å². The second-order valence-corrected chi connectivity index (χ2v) is 13.3. The fourth-order valence-electron chi connectivity index (χ4n) is 7.23. The number of hydrogen-bond acceptors (Lipinski definition) is 7. The summed E-state index contributed by atoms with van der Waals surface area (Å²) >= 11 is 0. The molecular formula is C38H47N5O2. The van der Waals surface area contributed by atoms with Crippen LogP contribution in [0.15, 0.2) is 72.2 Å². The predicted octanol–water partition coefficient (Wildman–Crippen LogP) is 7.95. The van der Waals surface area contributed by atoms with Crippen molar-refractivity contribution in [1.29, 1.82) is 0 Å². The van der Waals surface area contributed by atoms with Crippen molar-refractivity contribution in [1.82, 2.24) is 9.97 Å². The van der Waals surface area contributed by atoms with Crippen molar-refractivity contribution in [3.63, 3.8) is 0 Å². The van der Waals surface area contributed by atoms with Crippen LogP contribution >= 0.6 is 0 Å². The number of fused-ring (bicyclic) bond motifs is 3. The molecule has 0 spiro atoms. The molecule has 0 radical (unpaired) electrons. The highest BCUT2D eigenvalue weighted by atomic mass is 16.2. The molecule has 0 bridgehead atoms. The summed E-state index contributed by atoms with van der Waals surface area (Å²) in [6, 6.07) is 16.3. The van der Waals surface area contributed by atoms with Gasteiger partial charge in [0.05, 0.1) is 17.0 Å². The van der Waals surface area contributed by atoms with Crippen molar-refractivity contribution >= 4 is 39.9 Å². The number of Topliss-reactive ketones (excluding diaryl/α,β-unsaturated/α-hetero) is 2. The second-order valence-electron chi connectivity index (χ2n) is 13.3. The number of carbonyl (C=O) groups is 2. The number of anilines is 3. The smallest absolute Gasteiger partial charge is 0.178 e. The van der Waals surface area contributed by atoms with Gasteiger partial charge in [-0.15, -0.1) is 0 Å². The van der Waals surface area contributed by atoms with Crippen LogP contribution in [0.4, 0.5) is 17.3 Å². The fourth-order valence-corrected chi connectivity index (χ4v) is 7.23. The number of allylic oxidation sites excluding steroid dienone is 3. The SMILES string of the molecule is CCCCCCN1C(=CC2C(=O)C(/C=C3/N(C)c4ccccc4C3(C)C)C2=O)N(CCCCCC)c2nc3ccccc3nc21. The highest BCUT2D eigenvalue weighted by molar-refractivity contribution is 6.26. The maximum absolute atomic E-state index is 13.8. The van der Waals surface area contributed by atoms with Gasteiger partial charge in [-0.3, -0.25) is 9.59 Å². The molecule has 2 aliphatic heterocycles.